The lowest BCUT2D eigenvalue weighted by Gasteiger charge is -2.33. The lowest BCUT2D eigenvalue weighted by molar-refractivity contribution is -0.143. The van der Waals surface area contributed by atoms with Crippen molar-refractivity contribution < 1.29 is 18.3 Å². The molecule has 1 aromatic carbocycles. The monoisotopic (exact) mass is 373 g/mol. The number of hydrogen-bond acceptors (Lipinski definition) is 4. The molecular weight excluding hydrogens is 358 g/mol. The predicted molar refractivity (Wildman–Crippen MR) is 90.5 cm³/mol. The number of thiophene rings is 1. The van der Waals surface area contributed by atoms with Crippen LogP contribution in [0.1, 0.15) is 13.3 Å². The van der Waals surface area contributed by atoms with E-state index in [0.29, 0.717) is 18.4 Å². The maximum absolute atomic E-state index is 13.0. The van der Waals surface area contributed by atoms with Gasteiger partial charge in [-0.1, -0.05) is 36.7 Å². The third-order valence-corrected chi connectivity index (χ3v) is 8.17. The molecule has 0 saturated carbocycles. The Morgan fingerprint density at radius 1 is 1.35 bits per heavy atom. The fourth-order valence-electron chi connectivity index (χ4n) is 2.95. The third kappa shape index (κ3) is 2.98. The average Bonchev–Trinajstić information content (AvgIpc) is 2.85. The highest BCUT2D eigenvalue weighted by atomic mass is 35.5. The average molecular weight is 374 g/mol. The number of aliphatic carboxylic acids is 1. The van der Waals surface area contributed by atoms with Crippen molar-refractivity contribution in [2.45, 2.75) is 17.6 Å². The van der Waals surface area contributed by atoms with Gasteiger partial charge in [-0.15, -0.1) is 11.3 Å². The van der Waals surface area contributed by atoms with Gasteiger partial charge in [0.1, 0.15) is 0 Å². The van der Waals surface area contributed by atoms with Crippen LogP contribution in [0.5, 0.6) is 0 Å². The number of carboxylic acid groups (broad SMARTS) is 1. The summed E-state index contributed by atoms with van der Waals surface area (Å²) in [7, 11) is -3.80. The van der Waals surface area contributed by atoms with Crippen LogP contribution in [0.15, 0.2) is 28.5 Å². The molecule has 1 fully saturated rings. The molecule has 2 heterocycles. The number of carboxylic acids is 1. The first-order valence-electron chi connectivity index (χ1n) is 7.20. The minimum Gasteiger partial charge on any atom is -0.481 e. The molecule has 1 aromatic heterocycles. The standard InChI is InChI=1S/C15H16ClNO4S2/c1-9-6-10(14(18)19)8-17(7-9)23(20,21)15-13(16)11-4-2-3-5-12(11)22-15/h2-5,9-10H,6-8H2,1H3,(H,18,19). The molecule has 1 N–H and O–H groups in total. The minimum atomic E-state index is -3.80. The molecule has 2 unspecified atom stereocenters. The molecule has 0 spiro atoms. The summed E-state index contributed by atoms with van der Waals surface area (Å²) in [6, 6.07) is 7.24. The van der Waals surface area contributed by atoms with Crippen molar-refractivity contribution in [2.75, 3.05) is 13.1 Å². The lowest BCUT2D eigenvalue weighted by atomic mass is 9.92. The van der Waals surface area contributed by atoms with Crippen molar-refractivity contribution in [3.63, 3.8) is 0 Å². The van der Waals surface area contributed by atoms with Gasteiger partial charge in [0.2, 0.25) is 0 Å². The Kier molecular flexibility index (Phi) is 4.39. The van der Waals surface area contributed by atoms with E-state index >= 15 is 0 Å². The van der Waals surface area contributed by atoms with Crippen LogP contribution < -0.4 is 0 Å². The Labute approximate surface area is 143 Å². The van der Waals surface area contributed by atoms with E-state index in [1.54, 1.807) is 12.1 Å². The van der Waals surface area contributed by atoms with Crippen molar-refractivity contribution in [3.05, 3.63) is 29.3 Å². The Morgan fingerprint density at radius 2 is 2.04 bits per heavy atom. The van der Waals surface area contributed by atoms with Gasteiger partial charge in [0, 0.05) is 23.2 Å². The van der Waals surface area contributed by atoms with Crippen molar-refractivity contribution in [1.82, 2.24) is 4.31 Å². The highest BCUT2D eigenvalue weighted by Gasteiger charge is 2.38. The van der Waals surface area contributed by atoms with E-state index in [9.17, 15) is 18.3 Å². The van der Waals surface area contributed by atoms with Crippen LogP contribution in [-0.4, -0.2) is 36.9 Å². The minimum absolute atomic E-state index is 0.00669. The molecule has 0 amide bonds. The zero-order chi connectivity index (χ0) is 16.8. The van der Waals surface area contributed by atoms with Crippen molar-refractivity contribution in [2.24, 2.45) is 11.8 Å². The van der Waals surface area contributed by atoms with Gasteiger partial charge >= 0.3 is 5.97 Å². The molecule has 0 radical (unpaired) electrons. The highest BCUT2D eigenvalue weighted by Crippen LogP contribution is 2.40. The summed E-state index contributed by atoms with van der Waals surface area (Å²) >= 11 is 7.41. The molecule has 0 bridgehead atoms. The Hall–Kier alpha value is -1.15. The first kappa shape index (κ1) is 16.7. The molecule has 124 valence electrons. The second kappa shape index (κ2) is 6.05. The van der Waals surface area contributed by atoms with E-state index in [-0.39, 0.29) is 21.7 Å². The normalized spacial score (nSPS) is 23.2. The first-order valence-corrected chi connectivity index (χ1v) is 9.84. The summed E-state index contributed by atoms with van der Waals surface area (Å²) in [6.07, 6.45) is 0.488. The molecule has 5 nitrogen and oxygen atoms in total. The lowest BCUT2D eigenvalue weighted by Crippen LogP contribution is -2.45. The summed E-state index contributed by atoms with van der Waals surface area (Å²) in [5.41, 5.74) is 0. The second-order valence-electron chi connectivity index (χ2n) is 5.90. The van der Waals surface area contributed by atoms with Gasteiger partial charge in [0.15, 0.2) is 4.21 Å². The molecular formula is C15H16ClNO4S2. The molecule has 3 rings (SSSR count). The van der Waals surface area contributed by atoms with Crippen LogP contribution in [0.25, 0.3) is 10.1 Å². The molecule has 0 aliphatic carbocycles. The molecule has 23 heavy (non-hydrogen) atoms. The number of hydrogen-bond donors (Lipinski definition) is 1. The number of fused-ring (bicyclic) bond motifs is 1. The quantitative estimate of drug-likeness (QED) is 0.895. The number of nitrogens with zero attached hydrogens (tertiary/aromatic N) is 1. The smallest absolute Gasteiger partial charge is 0.307 e. The highest BCUT2D eigenvalue weighted by molar-refractivity contribution is 7.91. The van der Waals surface area contributed by atoms with Crippen molar-refractivity contribution in [1.29, 1.82) is 0 Å². The Balaban J connectivity index is 2.02. The van der Waals surface area contributed by atoms with Crippen LogP contribution in [0, 0.1) is 11.8 Å². The van der Waals surface area contributed by atoms with Gasteiger partial charge in [-0.2, -0.15) is 4.31 Å². The summed E-state index contributed by atoms with van der Waals surface area (Å²) in [5.74, 6) is -1.64. The Morgan fingerprint density at radius 3 is 2.70 bits per heavy atom. The van der Waals surface area contributed by atoms with E-state index in [0.717, 1.165) is 16.0 Å². The molecule has 1 aliphatic heterocycles. The van der Waals surface area contributed by atoms with E-state index in [2.05, 4.69) is 0 Å². The van der Waals surface area contributed by atoms with Gasteiger partial charge in [-0.25, -0.2) is 8.42 Å². The number of rotatable bonds is 3. The number of piperidine rings is 1. The number of halogens is 1. The van der Waals surface area contributed by atoms with Crippen LogP contribution in [-0.2, 0) is 14.8 Å². The van der Waals surface area contributed by atoms with Crippen molar-refractivity contribution >= 4 is 49.0 Å². The fourth-order valence-corrected chi connectivity index (χ4v) is 6.81. The number of carbonyl (C=O) groups is 1. The molecule has 1 aliphatic rings. The van der Waals surface area contributed by atoms with Crippen LogP contribution >= 0.6 is 22.9 Å². The van der Waals surface area contributed by atoms with E-state index in [1.807, 2.05) is 19.1 Å². The molecule has 2 atom stereocenters. The van der Waals surface area contributed by atoms with Gasteiger partial charge < -0.3 is 5.11 Å². The van der Waals surface area contributed by atoms with Gasteiger partial charge in [-0.3, -0.25) is 4.79 Å². The van der Waals surface area contributed by atoms with Gasteiger partial charge in [-0.05, 0) is 18.4 Å². The summed E-state index contributed by atoms with van der Waals surface area (Å²) in [4.78, 5) is 11.3. The zero-order valence-electron chi connectivity index (χ0n) is 12.4. The predicted octanol–water partition coefficient (Wildman–Crippen LogP) is 3.29. The molecule has 1 saturated heterocycles. The second-order valence-corrected chi connectivity index (χ2v) is 9.46. The Bertz CT molecular complexity index is 861. The number of sulfonamides is 1. The van der Waals surface area contributed by atoms with E-state index < -0.39 is 21.9 Å². The number of benzene rings is 1. The van der Waals surface area contributed by atoms with Crippen molar-refractivity contribution in [3.8, 4) is 0 Å². The summed E-state index contributed by atoms with van der Waals surface area (Å²) in [5, 5.41) is 10.2. The summed E-state index contributed by atoms with van der Waals surface area (Å²) in [6.45, 7) is 2.17. The van der Waals surface area contributed by atoms with E-state index in [1.165, 1.54) is 4.31 Å². The molecule has 2 aromatic rings. The molecule has 8 heteroatoms. The van der Waals surface area contributed by atoms with Gasteiger partial charge in [0.05, 0.1) is 10.9 Å². The fraction of sp³-hybridized carbons (Fsp3) is 0.400. The largest absolute Gasteiger partial charge is 0.481 e. The first-order chi connectivity index (χ1) is 10.8. The third-order valence-electron chi connectivity index (χ3n) is 4.06. The summed E-state index contributed by atoms with van der Waals surface area (Å²) < 4.78 is 28.1. The van der Waals surface area contributed by atoms with Crippen LogP contribution in [0.3, 0.4) is 0 Å². The maximum atomic E-state index is 13.0. The zero-order valence-corrected chi connectivity index (χ0v) is 14.8. The topological polar surface area (TPSA) is 74.7 Å². The maximum Gasteiger partial charge on any atom is 0.307 e. The van der Waals surface area contributed by atoms with Crippen LogP contribution in [0.4, 0.5) is 0 Å². The van der Waals surface area contributed by atoms with Crippen LogP contribution in [0.2, 0.25) is 5.02 Å². The SMILES string of the molecule is CC1CC(C(=O)O)CN(S(=O)(=O)c2sc3ccccc3c2Cl)C1. The van der Waals surface area contributed by atoms with E-state index in [4.69, 9.17) is 11.6 Å². The van der Waals surface area contributed by atoms with Gasteiger partial charge in [0.25, 0.3) is 10.0 Å².